The molecule has 1 aliphatic rings. The van der Waals surface area contributed by atoms with Gasteiger partial charge in [0.15, 0.2) is 0 Å². The summed E-state index contributed by atoms with van der Waals surface area (Å²) in [6.07, 6.45) is 1.17. The second-order valence-corrected chi connectivity index (χ2v) is 9.72. The number of benzene rings is 2. The molecule has 0 aliphatic carbocycles. The molecule has 31 heavy (non-hydrogen) atoms. The molecular formula is C20H16FN5O3S2. The molecule has 0 spiro atoms. The van der Waals surface area contributed by atoms with E-state index in [1.165, 1.54) is 46.8 Å². The fraction of sp³-hybridized carbons (Fsp3) is 0.200. The highest BCUT2D eigenvalue weighted by atomic mass is 32.2. The minimum absolute atomic E-state index is 0.0343. The Morgan fingerprint density at radius 2 is 2.03 bits per heavy atom. The van der Waals surface area contributed by atoms with E-state index in [0.717, 1.165) is 11.3 Å². The van der Waals surface area contributed by atoms with Gasteiger partial charge in [-0.2, -0.15) is 9.57 Å². The average Bonchev–Trinajstić information content (AvgIpc) is 3.43. The van der Waals surface area contributed by atoms with Crippen molar-refractivity contribution in [1.82, 2.24) is 14.5 Å². The lowest BCUT2D eigenvalue weighted by Crippen LogP contribution is -2.30. The van der Waals surface area contributed by atoms with Crippen LogP contribution < -0.4 is 5.32 Å². The van der Waals surface area contributed by atoms with Gasteiger partial charge in [0, 0.05) is 12.2 Å². The van der Waals surface area contributed by atoms with Crippen LogP contribution in [-0.4, -0.2) is 35.4 Å². The van der Waals surface area contributed by atoms with E-state index in [1.54, 1.807) is 6.07 Å². The van der Waals surface area contributed by atoms with E-state index in [4.69, 9.17) is 5.26 Å². The van der Waals surface area contributed by atoms with Crippen molar-refractivity contribution >= 4 is 33.0 Å². The van der Waals surface area contributed by atoms with Crippen molar-refractivity contribution in [2.45, 2.75) is 23.8 Å². The second-order valence-electron chi connectivity index (χ2n) is 6.82. The number of hydrogen-bond donors (Lipinski definition) is 1. The number of carbonyl (C=O) groups is 1. The van der Waals surface area contributed by atoms with Crippen LogP contribution >= 0.6 is 11.3 Å². The lowest BCUT2D eigenvalue weighted by Gasteiger charge is -2.22. The van der Waals surface area contributed by atoms with Crippen LogP contribution in [0, 0.1) is 17.1 Å². The first kappa shape index (κ1) is 21.0. The molecule has 0 saturated carbocycles. The number of nitrogens with one attached hydrogen (secondary N) is 1. The molecule has 1 fully saturated rings. The van der Waals surface area contributed by atoms with Crippen LogP contribution in [0.4, 0.5) is 10.1 Å². The third-order valence-corrected chi connectivity index (χ3v) is 7.70. The first-order valence-electron chi connectivity index (χ1n) is 9.31. The van der Waals surface area contributed by atoms with Crippen molar-refractivity contribution in [3.05, 3.63) is 69.9 Å². The molecule has 0 radical (unpaired) electrons. The maximum atomic E-state index is 13.3. The Balaban J connectivity index is 1.56. The average molecular weight is 458 g/mol. The molecule has 2 heterocycles. The van der Waals surface area contributed by atoms with Crippen LogP contribution in [0.3, 0.4) is 0 Å². The Labute approximate surface area is 182 Å². The van der Waals surface area contributed by atoms with Crippen LogP contribution in [0.25, 0.3) is 0 Å². The van der Waals surface area contributed by atoms with E-state index in [2.05, 4.69) is 15.5 Å². The molecule has 1 atom stereocenters. The van der Waals surface area contributed by atoms with Gasteiger partial charge >= 0.3 is 0 Å². The van der Waals surface area contributed by atoms with E-state index in [9.17, 15) is 17.6 Å². The number of sulfonamides is 1. The van der Waals surface area contributed by atoms with Gasteiger partial charge in [0.25, 0.3) is 5.91 Å². The fourth-order valence-corrected chi connectivity index (χ4v) is 6.01. The highest BCUT2D eigenvalue weighted by Gasteiger charge is 2.38. The molecule has 158 valence electrons. The van der Waals surface area contributed by atoms with Crippen LogP contribution in [-0.2, 0) is 10.0 Å². The monoisotopic (exact) mass is 457 g/mol. The summed E-state index contributed by atoms with van der Waals surface area (Å²) in [6.45, 7) is 0.300. The van der Waals surface area contributed by atoms with Crippen molar-refractivity contribution < 1.29 is 17.6 Å². The van der Waals surface area contributed by atoms with Crippen molar-refractivity contribution in [1.29, 1.82) is 5.26 Å². The number of halogens is 1. The standard InChI is InChI=1S/C20H16FN5O3S2/c21-14-5-2-6-15(11-14)23-18(27)20-25-24-19(30-20)17-8-3-9-26(17)31(28,29)16-7-1-4-13(10-16)12-22/h1-2,4-7,10-11,17H,3,8-9H2,(H,23,27)/t17-/m0/s1. The topological polar surface area (TPSA) is 116 Å². The highest BCUT2D eigenvalue weighted by molar-refractivity contribution is 7.89. The number of amides is 1. The van der Waals surface area contributed by atoms with Crippen LogP contribution in [0.1, 0.15) is 39.3 Å². The molecule has 8 nitrogen and oxygen atoms in total. The van der Waals surface area contributed by atoms with Gasteiger partial charge in [-0.1, -0.05) is 23.5 Å². The first-order chi connectivity index (χ1) is 14.9. The van der Waals surface area contributed by atoms with Crippen molar-refractivity contribution in [3.8, 4) is 6.07 Å². The van der Waals surface area contributed by atoms with Gasteiger partial charge in [0.05, 0.1) is 22.6 Å². The summed E-state index contributed by atoms with van der Waals surface area (Å²) in [7, 11) is -3.85. The zero-order chi connectivity index (χ0) is 22.0. The summed E-state index contributed by atoms with van der Waals surface area (Å²) in [6, 6.07) is 12.7. The largest absolute Gasteiger partial charge is 0.320 e. The van der Waals surface area contributed by atoms with E-state index in [1.807, 2.05) is 6.07 Å². The van der Waals surface area contributed by atoms with Gasteiger partial charge in [-0.25, -0.2) is 12.8 Å². The number of aromatic nitrogens is 2. The Bertz CT molecular complexity index is 1290. The Hall–Kier alpha value is -3.20. The molecule has 1 N–H and O–H groups in total. The summed E-state index contributed by atoms with van der Waals surface area (Å²) in [5.74, 6) is -1.04. The van der Waals surface area contributed by atoms with Crippen LogP contribution in [0.5, 0.6) is 0 Å². The predicted octanol–water partition coefficient (Wildman–Crippen LogP) is 3.33. The molecule has 0 unspecified atom stereocenters. The Morgan fingerprint density at radius 1 is 1.23 bits per heavy atom. The minimum Gasteiger partial charge on any atom is -0.320 e. The molecule has 1 amide bonds. The summed E-state index contributed by atoms with van der Waals surface area (Å²) >= 11 is 0.998. The zero-order valence-electron chi connectivity index (χ0n) is 16.0. The van der Waals surface area contributed by atoms with Crippen LogP contribution in [0.15, 0.2) is 53.4 Å². The minimum atomic E-state index is -3.85. The predicted molar refractivity (Wildman–Crippen MR) is 111 cm³/mol. The van der Waals surface area contributed by atoms with Gasteiger partial charge in [-0.05, 0) is 49.2 Å². The van der Waals surface area contributed by atoms with E-state index in [0.29, 0.717) is 24.4 Å². The number of nitriles is 1. The maximum absolute atomic E-state index is 13.3. The van der Waals surface area contributed by atoms with Crippen LogP contribution in [0.2, 0.25) is 0 Å². The number of nitrogens with zero attached hydrogens (tertiary/aromatic N) is 4. The summed E-state index contributed by atoms with van der Waals surface area (Å²) < 4.78 is 41.0. The van der Waals surface area contributed by atoms with Crippen molar-refractivity contribution in [2.75, 3.05) is 11.9 Å². The third kappa shape index (κ3) is 4.32. The molecular weight excluding hydrogens is 441 g/mol. The first-order valence-corrected chi connectivity index (χ1v) is 11.6. The van der Waals surface area contributed by atoms with Gasteiger partial charge in [-0.3, -0.25) is 4.79 Å². The second kappa shape index (κ2) is 8.50. The maximum Gasteiger partial charge on any atom is 0.286 e. The quantitative estimate of drug-likeness (QED) is 0.628. The highest BCUT2D eigenvalue weighted by Crippen LogP contribution is 2.37. The van der Waals surface area contributed by atoms with E-state index < -0.39 is 27.8 Å². The lowest BCUT2D eigenvalue weighted by molar-refractivity contribution is 0.102. The molecule has 11 heteroatoms. The molecule has 1 aliphatic heterocycles. The fourth-order valence-electron chi connectivity index (χ4n) is 3.35. The van der Waals surface area contributed by atoms with E-state index in [-0.39, 0.29) is 21.2 Å². The lowest BCUT2D eigenvalue weighted by atomic mass is 10.2. The zero-order valence-corrected chi connectivity index (χ0v) is 17.7. The smallest absolute Gasteiger partial charge is 0.286 e. The molecule has 3 aromatic rings. The summed E-state index contributed by atoms with van der Waals surface area (Å²) in [5.41, 5.74) is 0.535. The summed E-state index contributed by atoms with van der Waals surface area (Å²) in [4.78, 5) is 12.5. The Kier molecular flexibility index (Phi) is 5.77. The SMILES string of the molecule is N#Cc1cccc(S(=O)(=O)N2CCC[C@H]2c2nnc(C(=O)Nc3cccc(F)c3)s2)c1. The molecule has 2 aromatic carbocycles. The van der Waals surface area contributed by atoms with Gasteiger partial charge in [0.2, 0.25) is 15.0 Å². The van der Waals surface area contributed by atoms with Gasteiger partial charge in [0.1, 0.15) is 10.8 Å². The number of anilines is 1. The van der Waals surface area contributed by atoms with E-state index >= 15 is 0 Å². The summed E-state index contributed by atoms with van der Waals surface area (Å²) in [5, 5.41) is 20.0. The normalized spacial score (nSPS) is 16.7. The molecule has 1 aromatic heterocycles. The third-order valence-electron chi connectivity index (χ3n) is 4.78. The van der Waals surface area contributed by atoms with Crippen molar-refractivity contribution in [2.24, 2.45) is 0 Å². The number of carbonyl (C=O) groups excluding carboxylic acids is 1. The Morgan fingerprint density at radius 3 is 2.81 bits per heavy atom. The van der Waals surface area contributed by atoms with Crippen molar-refractivity contribution in [3.63, 3.8) is 0 Å². The van der Waals surface area contributed by atoms with Gasteiger partial charge in [-0.15, -0.1) is 10.2 Å². The number of hydrogen-bond acceptors (Lipinski definition) is 7. The number of rotatable bonds is 5. The molecule has 0 bridgehead atoms. The van der Waals surface area contributed by atoms with Gasteiger partial charge < -0.3 is 5.32 Å². The molecule has 1 saturated heterocycles. The molecule has 4 rings (SSSR count).